The molecule has 1 unspecified atom stereocenters. The van der Waals surface area contributed by atoms with Gasteiger partial charge in [0.2, 0.25) is 5.89 Å². The molecule has 126 valence electrons. The molecular weight excluding hydrogens is 308 g/mol. The lowest BCUT2D eigenvalue weighted by Crippen LogP contribution is -2.29. The maximum Gasteiger partial charge on any atom is 0.272 e. The van der Waals surface area contributed by atoms with Gasteiger partial charge in [-0.1, -0.05) is 11.2 Å². The molecule has 0 N–H and O–H groups in total. The van der Waals surface area contributed by atoms with Crippen molar-refractivity contribution in [2.75, 3.05) is 26.3 Å². The second kappa shape index (κ2) is 6.68. The van der Waals surface area contributed by atoms with Crippen LogP contribution in [-0.2, 0) is 4.74 Å². The van der Waals surface area contributed by atoms with E-state index in [-0.39, 0.29) is 11.8 Å². The minimum absolute atomic E-state index is 0.0396. The molecule has 0 bridgehead atoms. The standard InChI is InChI=1S/C17H20N4O3/c22-17(14-3-1-2-7-18-14)21-8-4-13(11-21)16-19-15(20-24-16)12-5-9-23-10-6-12/h1-3,7,12-13H,4-6,8-11H2. The summed E-state index contributed by atoms with van der Waals surface area (Å²) in [6.45, 7) is 2.80. The van der Waals surface area contributed by atoms with E-state index < -0.39 is 0 Å². The third-order valence-electron chi connectivity index (χ3n) is 4.75. The minimum Gasteiger partial charge on any atom is -0.381 e. The highest BCUT2D eigenvalue weighted by Gasteiger charge is 2.32. The molecule has 24 heavy (non-hydrogen) atoms. The van der Waals surface area contributed by atoms with Gasteiger partial charge in [-0.15, -0.1) is 0 Å². The maximum absolute atomic E-state index is 12.5. The zero-order valence-electron chi connectivity index (χ0n) is 13.4. The van der Waals surface area contributed by atoms with E-state index in [1.807, 2.05) is 11.0 Å². The molecule has 2 aromatic rings. The Morgan fingerprint density at radius 3 is 2.83 bits per heavy atom. The number of pyridine rings is 1. The van der Waals surface area contributed by atoms with Crippen LogP contribution in [0.2, 0.25) is 0 Å². The molecule has 0 aromatic carbocycles. The average molecular weight is 328 g/mol. The van der Waals surface area contributed by atoms with Crippen molar-refractivity contribution in [2.24, 2.45) is 0 Å². The van der Waals surface area contributed by atoms with Crippen molar-refractivity contribution in [1.82, 2.24) is 20.0 Å². The lowest BCUT2D eigenvalue weighted by Gasteiger charge is -2.18. The SMILES string of the molecule is O=C(c1ccccn1)N1CCC(c2nc(C3CCOCC3)no2)C1. The Hall–Kier alpha value is -2.28. The van der Waals surface area contributed by atoms with Crippen molar-refractivity contribution >= 4 is 5.91 Å². The van der Waals surface area contributed by atoms with Gasteiger partial charge >= 0.3 is 0 Å². The second-order valence-electron chi connectivity index (χ2n) is 6.33. The topological polar surface area (TPSA) is 81.4 Å². The van der Waals surface area contributed by atoms with E-state index in [1.54, 1.807) is 18.3 Å². The number of aromatic nitrogens is 3. The summed E-state index contributed by atoms with van der Waals surface area (Å²) < 4.78 is 10.9. The van der Waals surface area contributed by atoms with Gasteiger partial charge in [0.15, 0.2) is 5.82 Å². The normalized spacial score (nSPS) is 22.0. The van der Waals surface area contributed by atoms with Gasteiger partial charge in [0, 0.05) is 38.4 Å². The van der Waals surface area contributed by atoms with E-state index in [1.165, 1.54) is 0 Å². The lowest BCUT2D eigenvalue weighted by molar-refractivity contribution is 0.0783. The van der Waals surface area contributed by atoms with Crippen LogP contribution < -0.4 is 0 Å². The van der Waals surface area contributed by atoms with Crippen LogP contribution in [0.1, 0.15) is 53.3 Å². The Balaban J connectivity index is 1.41. The van der Waals surface area contributed by atoms with E-state index in [0.29, 0.717) is 30.6 Å². The monoisotopic (exact) mass is 328 g/mol. The highest BCUT2D eigenvalue weighted by Crippen LogP contribution is 2.30. The number of ether oxygens (including phenoxy) is 1. The molecule has 7 nitrogen and oxygen atoms in total. The average Bonchev–Trinajstić information content (AvgIpc) is 3.32. The van der Waals surface area contributed by atoms with Gasteiger partial charge in [-0.05, 0) is 31.4 Å². The van der Waals surface area contributed by atoms with Crippen LogP contribution in [0, 0.1) is 0 Å². The summed E-state index contributed by atoms with van der Waals surface area (Å²) in [5.74, 6) is 1.82. The summed E-state index contributed by atoms with van der Waals surface area (Å²) in [7, 11) is 0. The van der Waals surface area contributed by atoms with Gasteiger partial charge in [-0.3, -0.25) is 9.78 Å². The van der Waals surface area contributed by atoms with E-state index >= 15 is 0 Å². The number of likely N-dealkylation sites (tertiary alicyclic amines) is 1. The Labute approximate surface area is 140 Å². The summed E-state index contributed by atoms with van der Waals surface area (Å²) in [4.78, 5) is 23.0. The third-order valence-corrected chi connectivity index (χ3v) is 4.75. The van der Waals surface area contributed by atoms with Crippen molar-refractivity contribution in [2.45, 2.75) is 31.1 Å². The quantitative estimate of drug-likeness (QED) is 0.857. The van der Waals surface area contributed by atoms with Crippen LogP contribution in [0.3, 0.4) is 0 Å². The van der Waals surface area contributed by atoms with Crippen LogP contribution in [0.25, 0.3) is 0 Å². The van der Waals surface area contributed by atoms with E-state index in [9.17, 15) is 4.79 Å². The van der Waals surface area contributed by atoms with Crippen molar-refractivity contribution in [3.8, 4) is 0 Å². The predicted octanol–water partition coefficient (Wildman–Crippen LogP) is 1.99. The number of hydrogen-bond donors (Lipinski definition) is 0. The summed E-state index contributed by atoms with van der Waals surface area (Å²) in [6, 6.07) is 5.37. The number of carbonyl (C=O) groups is 1. The molecule has 0 saturated carbocycles. The van der Waals surface area contributed by atoms with Gasteiger partial charge in [0.1, 0.15) is 5.69 Å². The summed E-state index contributed by atoms with van der Waals surface area (Å²) in [5, 5.41) is 4.16. The predicted molar refractivity (Wildman–Crippen MR) is 84.6 cm³/mol. The second-order valence-corrected chi connectivity index (χ2v) is 6.33. The molecule has 2 fully saturated rings. The van der Waals surface area contributed by atoms with Gasteiger partial charge in [-0.25, -0.2) is 0 Å². The van der Waals surface area contributed by atoms with Crippen molar-refractivity contribution in [3.63, 3.8) is 0 Å². The van der Waals surface area contributed by atoms with Crippen LogP contribution in [-0.4, -0.2) is 52.2 Å². The molecule has 1 amide bonds. The van der Waals surface area contributed by atoms with Crippen molar-refractivity contribution in [3.05, 3.63) is 41.8 Å². The number of amides is 1. The molecule has 0 aliphatic carbocycles. The Morgan fingerprint density at radius 1 is 1.17 bits per heavy atom. The van der Waals surface area contributed by atoms with Gasteiger partial charge in [0.05, 0.1) is 5.92 Å². The molecule has 0 radical (unpaired) electrons. The first-order valence-corrected chi connectivity index (χ1v) is 8.43. The number of carbonyl (C=O) groups excluding carboxylic acids is 1. The van der Waals surface area contributed by atoms with Crippen LogP contribution >= 0.6 is 0 Å². The summed E-state index contributed by atoms with van der Waals surface area (Å²) in [6.07, 6.45) is 4.36. The van der Waals surface area contributed by atoms with Gasteiger partial charge < -0.3 is 14.2 Å². The van der Waals surface area contributed by atoms with Gasteiger partial charge in [0.25, 0.3) is 5.91 Å². The number of nitrogens with zero attached hydrogens (tertiary/aromatic N) is 4. The Morgan fingerprint density at radius 2 is 2.04 bits per heavy atom. The molecule has 1 atom stereocenters. The minimum atomic E-state index is -0.0396. The number of rotatable bonds is 3. The largest absolute Gasteiger partial charge is 0.381 e. The zero-order chi connectivity index (χ0) is 16.4. The molecule has 7 heteroatoms. The molecule has 4 rings (SSSR count). The molecule has 2 saturated heterocycles. The lowest BCUT2D eigenvalue weighted by atomic mass is 10.00. The fourth-order valence-electron chi connectivity index (χ4n) is 3.33. The molecule has 4 heterocycles. The van der Waals surface area contributed by atoms with Crippen LogP contribution in [0.15, 0.2) is 28.9 Å². The van der Waals surface area contributed by atoms with Crippen LogP contribution in [0.5, 0.6) is 0 Å². The van der Waals surface area contributed by atoms with Crippen LogP contribution in [0.4, 0.5) is 0 Å². The smallest absolute Gasteiger partial charge is 0.272 e. The zero-order valence-corrected chi connectivity index (χ0v) is 13.4. The van der Waals surface area contributed by atoms with Crippen molar-refractivity contribution < 1.29 is 14.1 Å². The molecular formula is C17H20N4O3. The van der Waals surface area contributed by atoms with Crippen molar-refractivity contribution in [1.29, 1.82) is 0 Å². The highest BCUT2D eigenvalue weighted by molar-refractivity contribution is 5.92. The fourth-order valence-corrected chi connectivity index (χ4v) is 3.33. The van der Waals surface area contributed by atoms with E-state index in [2.05, 4.69) is 15.1 Å². The molecule has 0 spiro atoms. The third kappa shape index (κ3) is 3.03. The Kier molecular flexibility index (Phi) is 4.25. The van der Waals surface area contributed by atoms with E-state index in [4.69, 9.17) is 9.26 Å². The first kappa shape index (κ1) is 15.3. The summed E-state index contributed by atoms with van der Waals surface area (Å²) in [5.41, 5.74) is 0.478. The first-order valence-electron chi connectivity index (χ1n) is 8.43. The maximum atomic E-state index is 12.5. The Bertz CT molecular complexity index is 697. The molecule has 2 aromatic heterocycles. The van der Waals surface area contributed by atoms with Gasteiger partial charge in [-0.2, -0.15) is 4.98 Å². The summed E-state index contributed by atoms with van der Waals surface area (Å²) >= 11 is 0. The highest BCUT2D eigenvalue weighted by atomic mass is 16.5. The van der Waals surface area contributed by atoms with E-state index in [0.717, 1.165) is 38.3 Å². The molecule has 2 aliphatic rings. The number of hydrogen-bond acceptors (Lipinski definition) is 6. The first-order chi connectivity index (χ1) is 11.8. The fraction of sp³-hybridized carbons (Fsp3) is 0.529. The molecule has 2 aliphatic heterocycles.